The highest BCUT2D eigenvalue weighted by molar-refractivity contribution is 9.10. The van der Waals surface area contributed by atoms with Gasteiger partial charge in [0.25, 0.3) is 0 Å². The highest BCUT2D eigenvalue weighted by Crippen LogP contribution is 2.25. The Morgan fingerprint density at radius 1 is 1.26 bits per heavy atom. The van der Waals surface area contributed by atoms with Gasteiger partial charge in [0.2, 0.25) is 15.9 Å². The molecule has 0 amide bonds. The van der Waals surface area contributed by atoms with Crippen LogP contribution in [0.5, 0.6) is 5.88 Å². The number of sulfonamides is 1. The Morgan fingerprint density at radius 3 is 2.61 bits per heavy atom. The second kappa shape index (κ2) is 6.28. The molecule has 118 valence electrons. The molecule has 1 fully saturated rings. The van der Waals surface area contributed by atoms with Crippen LogP contribution in [-0.2, 0) is 10.0 Å². The van der Waals surface area contributed by atoms with E-state index >= 15 is 0 Å². The fraction of sp³-hybridized carbons (Fsp3) is 0.200. The topological polar surface area (TPSA) is 83.3 Å². The number of nitriles is 1. The van der Waals surface area contributed by atoms with Crippen molar-refractivity contribution in [2.75, 3.05) is 13.1 Å². The molecule has 1 aliphatic heterocycles. The number of nitrogens with zero attached hydrogens (tertiary/aromatic N) is 3. The molecule has 0 radical (unpaired) electrons. The van der Waals surface area contributed by atoms with Gasteiger partial charge in [-0.25, -0.2) is 13.4 Å². The van der Waals surface area contributed by atoms with Crippen LogP contribution in [0.25, 0.3) is 0 Å². The summed E-state index contributed by atoms with van der Waals surface area (Å²) >= 11 is 3.28. The SMILES string of the molecule is N#Cc1ccnc(OC2CN(S(=O)(=O)c3ccc(Br)cc3)C2)c1. The minimum absolute atomic E-state index is 0.253. The summed E-state index contributed by atoms with van der Waals surface area (Å²) in [6.45, 7) is 0.522. The van der Waals surface area contributed by atoms with Crippen molar-refractivity contribution in [2.45, 2.75) is 11.0 Å². The number of hydrogen-bond donors (Lipinski definition) is 0. The molecule has 0 N–H and O–H groups in total. The van der Waals surface area contributed by atoms with E-state index < -0.39 is 10.0 Å². The quantitative estimate of drug-likeness (QED) is 0.794. The summed E-state index contributed by atoms with van der Waals surface area (Å²) in [5.74, 6) is 0.328. The number of aromatic nitrogens is 1. The molecule has 2 heterocycles. The number of rotatable bonds is 4. The number of ether oxygens (including phenoxy) is 1. The van der Waals surface area contributed by atoms with E-state index in [2.05, 4.69) is 20.9 Å². The Bertz CT molecular complexity index is 856. The maximum atomic E-state index is 12.4. The standard InChI is InChI=1S/C15H12BrN3O3S/c16-12-1-3-14(4-2-12)23(20,21)19-9-13(10-19)22-15-7-11(8-17)5-6-18-15/h1-7,13H,9-10H2. The molecule has 0 saturated carbocycles. The normalized spacial score (nSPS) is 15.7. The van der Waals surface area contributed by atoms with E-state index in [1.165, 1.54) is 16.6 Å². The van der Waals surface area contributed by atoms with E-state index in [4.69, 9.17) is 10.00 Å². The minimum atomic E-state index is -3.50. The molecule has 1 aromatic heterocycles. The number of hydrogen-bond acceptors (Lipinski definition) is 5. The summed E-state index contributed by atoms with van der Waals surface area (Å²) in [4.78, 5) is 4.27. The first-order chi connectivity index (χ1) is 11.0. The van der Waals surface area contributed by atoms with Crippen molar-refractivity contribution in [1.29, 1.82) is 5.26 Å². The zero-order valence-electron chi connectivity index (χ0n) is 11.9. The van der Waals surface area contributed by atoms with Crippen LogP contribution in [0.4, 0.5) is 0 Å². The molecule has 0 spiro atoms. The van der Waals surface area contributed by atoms with Crippen LogP contribution in [0.3, 0.4) is 0 Å². The highest BCUT2D eigenvalue weighted by atomic mass is 79.9. The molecule has 0 aliphatic carbocycles. The van der Waals surface area contributed by atoms with E-state index in [0.717, 1.165) is 4.47 Å². The lowest BCUT2D eigenvalue weighted by atomic mass is 10.2. The lowest BCUT2D eigenvalue weighted by Gasteiger charge is -2.37. The van der Waals surface area contributed by atoms with Crippen LogP contribution in [-0.4, -0.2) is 36.9 Å². The average Bonchev–Trinajstić information content (AvgIpc) is 2.51. The third kappa shape index (κ3) is 3.37. The lowest BCUT2D eigenvalue weighted by Crippen LogP contribution is -2.56. The molecule has 23 heavy (non-hydrogen) atoms. The predicted octanol–water partition coefficient (Wildman–Crippen LogP) is 2.17. The Labute approximate surface area is 142 Å². The smallest absolute Gasteiger partial charge is 0.243 e. The third-order valence-corrected chi connectivity index (χ3v) is 5.79. The van der Waals surface area contributed by atoms with Gasteiger partial charge < -0.3 is 4.74 Å². The maximum Gasteiger partial charge on any atom is 0.243 e. The molecule has 1 saturated heterocycles. The highest BCUT2D eigenvalue weighted by Gasteiger charge is 2.38. The van der Waals surface area contributed by atoms with Gasteiger partial charge in [0, 0.05) is 16.7 Å². The van der Waals surface area contributed by atoms with Gasteiger partial charge in [-0.1, -0.05) is 15.9 Å². The first-order valence-electron chi connectivity index (χ1n) is 6.77. The minimum Gasteiger partial charge on any atom is -0.471 e. The van der Waals surface area contributed by atoms with Gasteiger partial charge in [0.1, 0.15) is 6.10 Å². The van der Waals surface area contributed by atoms with Crippen LogP contribution >= 0.6 is 15.9 Å². The van der Waals surface area contributed by atoms with E-state index in [-0.39, 0.29) is 24.1 Å². The zero-order valence-corrected chi connectivity index (χ0v) is 14.3. The summed E-state index contributed by atoms with van der Waals surface area (Å²) in [6.07, 6.45) is 1.23. The molecule has 3 rings (SSSR count). The third-order valence-electron chi connectivity index (χ3n) is 3.42. The van der Waals surface area contributed by atoms with Crippen LogP contribution in [0.15, 0.2) is 52.0 Å². The second-order valence-corrected chi connectivity index (χ2v) is 7.86. The van der Waals surface area contributed by atoms with Crippen molar-refractivity contribution in [2.24, 2.45) is 0 Å². The summed E-state index contributed by atoms with van der Waals surface area (Å²) in [7, 11) is -3.50. The van der Waals surface area contributed by atoms with Gasteiger partial charge in [-0.2, -0.15) is 9.57 Å². The fourth-order valence-corrected chi connectivity index (χ4v) is 3.91. The van der Waals surface area contributed by atoms with E-state index in [9.17, 15) is 8.42 Å². The van der Waals surface area contributed by atoms with Crippen LogP contribution in [0.1, 0.15) is 5.56 Å². The molecule has 0 unspecified atom stereocenters. The molecular weight excluding hydrogens is 382 g/mol. The van der Waals surface area contributed by atoms with Crippen molar-refractivity contribution in [1.82, 2.24) is 9.29 Å². The number of benzene rings is 1. The van der Waals surface area contributed by atoms with E-state index in [0.29, 0.717) is 11.4 Å². The van der Waals surface area contributed by atoms with E-state index in [1.807, 2.05) is 6.07 Å². The largest absolute Gasteiger partial charge is 0.471 e. The van der Waals surface area contributed by atoms with Crippen LogP contribution in [0.2, 0.25) is 0 Å². The van der Waals surface area contributed by atoms with Gasteiger partial charge >= 0.3 is 0 Å². The van der Waals surface area contributed by atoms with Crippen LogP contribution < -0.4 is 4.74 Å². The lowest BCUT2D eigenvalue weighted by molar-refractivity contribution is 0.0720. The fourth-order valence-electron chi connectivity index (χ4n) is 2.14. The van der Waals surface area contributed by atoms with Crippen molar-refractivity contribution in [3.05, 3.63) is 52.6 Å². The average molecular weight is 394 g/mol. The van der Waals surface area contributed by atoms with Crippen molar-refractivity contribution in [3.8, 4) is 11.9 Å². The zero-order chi connectivity index (χ0) is 16.4. The van der Waals surface area contributed by atoms with Gasteiger partial charge in [-0.3, -0.25) is 0 Å². The molecule has 6 nitrogen and oxygen atoms in total. The summed E-state index contributed by atoms with van der Waals surface area (Å²) in [5, 5.41) is 8.84. The molecule has 0 atom stereocenters. The molecule has 1 aromatic carbocycles. The van der Waals surface area contributed by atoms with Gasteiger partial charge in [-0.15, -0.1) is 0 Å². The summed E-state index contributed by atoms with van der Waals surface area (Å²) in [6, 6.07) is 11.6. The first-order valence-corrected chi connectivity index (χ1v) is 9.01. The Morgan fingerprint density at radius 2 is 1.96 bits per heavy atom. The maximum absolute atomic E-state index is 12.4. The van der Waals surface area contributed by atoms with Crippen molar-refractivity contribution >= 4 is 26.0 Å². The monoisotopic (exact) mass is 393 g/mol. The van der Waals surface area contributed by atoms with Gasteiger partial charge in [0.05, 0.1) is 29.6 Å². The van der Waals surface area contributed by atoms with Gasteiger partial charge in [-0.05, 0) is 30.3 Å². The van der Waals surface area contributed by atoms with Crippen molar-refractivity contribution < 1.29 is 13.2 Å². The summed E-state index contributed by atoms with van der Waals surface area (Å²) < 4.78 is 32.6. The van der Waals surface area contributed by atoms with E-state index in [1.54, 1.807) is 30.3 Å². The number of pyridine rings is 1. The Hall–Kier alpha value is -1.95. The number of halogens is 1. The molecular formula is C15H12BrN3O3S. The van der Waals surface area contributed by atoms with Gasteiger partial charge in [0.15, 0.2) is 0 Å². The Balaban J connectivity index is 1.64. The van der Waals surface area contributed by atoms with Crippen molar-refractivity contribution in [3.63, 3.8) is 0 Å². The molecule has 1 aliphatic rings. The first kappa shape index (κ1) is 15.9. The Kier molecular flexibility index (Phi) is 4.35. The predicted molar refractivity (Wildman–Crippen MR) is 86.3 cm³/mol. The van der Waals surface area contributed by atoms with Crippen LogP contribution in [0, 0.1) is 11.3 Å². The summed E-state index contributed by atoms with van der Waals surface area (Å²) in [5.41, 5.74) is 0.452. The molecule has 2 aromatic rings. The molecule has 8 heteroatoms. The second-order valence-electron chi connectivity index (χ2n) is 5.01. The molecule has 0 bridgehead atoms.